The van der Waals surface area contributed by atoms with Crippen LogP contribution in [-0.2, 0) is 15.4 Å². The van der Waals surface area contributed by atoms with E-state index < -0.39 is 10.0 Å². The zero-order valence-corrected chi connectivity index (χ0v) is 13.8. The van der Waals surface area contributed by atoms with Crippen molar-refractivity contribution in [2.45, 2.75) is 33.1 Å². The van der Waals surface area contributed by atoms with Gasteiger partial charge in [-0.2, -0.15) is 0 Å². The van der Waals surface area contributed by atoms with Crippen LogP contribution >= 0.6 is 0 Å². The second kappa shape index (κ2) is 5.18. The summed E-state index contributed by atoms with van der Waals surface area (Å²) in [6.07, 6.45) is 1.14. The molecule has 0 aliphatic heterocycles. The normalized spacial score (nSPS) is 12.4. The number of hydrogen-bond acceptors (Lipinski definition) is 3. The number of H-pyrrole nitrogens is 1. The minimum absolute atomic E-state index is 0.0639. The Kier molecular flexibility index (Phi) is 3.84. The number of imidazole rings is 1. The lowest BCUT2D eigenvalue weighted by atomic mass is 9.96. The Bertz CT molecular complexity index is 755. The Hall–Kier alpha value is -1.82. The van der Waals surface area contributed by atoms with E-state index in [0.717, 1.165) is 29.0 Å². The van der Waals surface area contributed by atoms with Gasteiger partial charge in [-0.05, 0) is 19.1 Å². The van der Waals surface area contributed by atoms with Crippen molar-refractivity contribution in [3.05, 3.63) is 35.8 Å². The first-order valence-corrected chi connectivity index (χ1v) is 8.61. The van der Waals surface area contributed by atoms with Crippen molar-refractivity contribution < 1.29 is 8.42 Å². The number of nitrogens with zero attached hydrogens (tertiary/aromatic N) is 1. The van der Waals surface area contributed by atoms with E-state index in [2.05, 4.69) is 35.5 Å². The number of hydrogen-bond donors (Lipinski definition) is 2. The molecule has 0 fully saturated rings. The van der Waals surface area contributed by atoms with Crippen LogP contribution in [0.15, 0.2) is 24.3 Å². The predicted octanol–water partition coefficient (Wildman–Crippen LogP) is 3.05. The quantitative estimate of drug-likeness (QED) is 0.915. The van der Waals surface area contributed by atoms with Gasteiger partial charge in [-0.3, -0.25) is 4.72 Å². The molecule has 1 aromatic heterocycles. The molecule has 114 valence electrons. The van der Waals surface area contributed by atoms with Crippen LogP contribution in [0, 0.1) is 6.92 Å². The Labute approximate surface area is 125 Å². The number of aromatic nitrogens is 2. The summed E-state index contributed by atoms with van der Waals surface area (Å²) in [7, 11) is -3.28. The van der Waals surface area contributed by atoms with Crippen molar-refractivity contribution in [1.82, 2.24) is 9.97 Å². The molecule has 2 rings (SSSR count). The van der Waals surface area contributed by atoms with E-state index in [9.17, 15) is 8.42 Å². The van der Waals surface area contributed by atoms with Gasteiger partial charge in [0.15, 0.2) is 0 Å². The predicted molar refractivity (Wildman–Crippen MR) is 85.9 cm³/mol. The fourth-order valence-corrected chi connectivity index (χ4v) is 2.60. The molecule has 0 atom stereocenters. The molecule has 0 spiro atoms. The van der Waals surface area contributed by atoms with Gasteiger partial charge in [-0.15, -0.1) is 0 Å². The van der Waals surface area contributed by atoms with Crippen LogP contribution < -0.4 is 4.72 Å². The zero-order chi connectivity index (χ0) is 15.8. The highest BCUT2D eigenvalue weighted by Crippen LogP contribution is 2.28. The molecule has 1 heterocycles. The van der Waals surface area contributed by atoms with Crippen molar-refractivity contribution in [2.24, 2.45) is 0 Å². The molecule has 0 bridgehead atoms. The molecule has 0 amide bonds. The second-order valence-electron chi connectivity index (χ2n) is 6.26. The Morgan fingerprint density at radius 2 is 1.90 bits per heavy atom. The maximum atomic E-state index is 11.3. The lowest BCUT2D eigenvalue weighted by Crippen LogP contribution is -2.13. The van der Waals surface area contributed by atoms with E-state index in [1.165, 1.54) is 0 Å². The summed E-state index contributed by atoms with van der Waals surface area (Å²) < 4.78 is 25.1. The molecule has 0 radical (unpaired) electrons. The first-order valence-electron chi connectivity index (χ1n) is 6.71. The number of benzene rings is 1. The van der Waals surface area contributed by atoms with Crippen molar-refractivity contribution >= 4 is 15.7 Å². The van der Waals surface area contributed by atoms with Crippen molar-refractivity contribution in [2.75, 3.05) is 11.0 Å². The third kappa shape index (κ3) is 3.85. The number of aromatic amines is 1. The molecule has 0 aliphatic carbocycles. The number of sulfonamides is 1. The third-order valence-electron chi connectivity index (χ3n) is 3.03. The first kappa shape index (κ1) is 15.6. The standard InChI is InChI=1S/C15H21N3O2S/c1-10-13(17-14(16-10)15(2,3)4)11-7-6-8-12(9-11)18-21(5,19)20/h6-9,18H,1-5H3,(H,16,17). The van der Waals surface area contributed by atoms with Crippen LogP contribution in [0.1, 0.15) is 32.3 Å². The average Bonchev–Trinajstić information content (AvgIpc) is 2.69. The highest BCUT2D eigenvalue weighted by Gasteiger charge is 2.20. The van der Waals surface area contributed by atoms with Gasteiger partial charge in [-0.25, -0.2) is 13.4 Å². The summed E-state index contributed by atoms with van der Waals surface area (Å²) >= 11 is 0. The molecule has 5 nitrogen and oxygen atoms in total. The van der Waals surface area contributed by atoms with E-state index in [0.29, 0.717) is 5.69 Å². The van der Waals surface area contributed by atoms with E-state index in [1.54, 1.807) is 12.1 Å². The Morgan fingerprint density at radius 1 is 1.24 bits per heavy atom. The first-order chi connectivity index (χ1) is 9.56. The summed E-state index contributed by atoms with van der Waals surface area (Å²) in [5.41, 5.74) is 3.17. The highest BCUT2D eigenvalue weighted by atomic mass is 32.2. The minimum atomic E-state index is -3.28. The van der Waals surface area contributed by atoms with Gasteiger partial charge < -0.3 is 4.98 Å². The molecule has 2 N–H and O–H groups in total. The summed E-state index contributed by atoms with van der Waals surface area (Å²) in [4.78, 5) is 7.96. The van der Waals surface area contributed by atoms with Gasteiger partial charge >= 0.3 is 0 Å². The number of anilines is 1. The Balaban J connectivity index is 2.43. The largest absolute Gasteiger partial charge is 0.345 e. The van der Waals surface area contributed by atoms with E-state index in [-0.39, 0.29) is 5.41 Å². The lowest BCUT2D eigenvalue weighted by molar-refractivity contribution is 0.552. The Morgan fingerprint density at radius 3 is 2.43 bits per heavy atom. The fraction of sp³-hybridized carbons (Fsp3) is 0.400. The number of rotatable bonds is 3. The number of nitrogens with one attached hydrogen (secondary N) is 2. The van der Waals surface area contributed by atoms with Gasteiger partial charge in [0.1, 0.15) is 5.82 Å². The SMILES string of the molecule is Cc1[nH]c(C(C)(C)C)nc1-c1cccc(NS(C)(=O)=O)c1. The summed E-state index contributed by atoms with van der Waals surface area (Å²) in [6, 6.07) is 7.24. The topological polar surface area (TPSA) is 74.8 Å². The number of aryl methyl sites for hydroxylation is 1. The molecular weight excluding hydrogens is 286 g/mol. The monoisotopic (exact) mass is 307 g/mol. The van der Waals surface area contributed by atoms with Crippen LogP contribution in [0.2, 0.25) is 0 Å². The highest BCUT2D eigenvalue weighted by molar-refractivity contribution is 7.92. The fourth-order valence-electron chi connectivity index (χ4n) is 2.04. The van der Waals surface area contributed by atoms with Gasteiger partial charge in [-0.1, -0.05) is 32.9 Å². The average molecular weight is 307 g/mol. The molecule has 0 saturated heterocycles. The molecule has 21 heavy (non-hydrogen) atoms. The maximum Gasteiger partial charge on any atom is 0.229 e. The van der Waals surface area contributed by atoms with Gasteiger partial charge in [0.2, 0.25) is 10.0 Å². The smallest absolute Gasteiger partial charge is 0.229 e. The van der Waals surface area contributed by atoms with Gasteiger partial charge in [0.05, 0.1) is 11.9 Å². The van der Waals surface area contributed by atoms with Crippen LogP contribution in [-0.4, -0.2) is 24.6 Å². The molecule has 0 saturated carbocycles. The third-order valence-corrected chi connectivity index (χ3v) is 3.64. The summed E-state index contributed by atoms with van der Waals surface area (Å²) in [5.74, 6) is 0.913. The van der Waals surface area contributed by atoms with Gasteiger partial charge in [0.25, 0.3) is 0 Å². The minimum Gasteiger partial charge on any atom is -0.345 e. The van der Waals surface area contributed by atoms with Crippen molar-refractivity contribution in [1.29, 1.82) is 0 Å². The van der Waals surface area contributed by atoms with Crippen LogP contribution in [0.4, 0.5) is 5.69 Å². The molecular formula is C15H21N3O2S. The van der Waals surface area contributed by atoms with E-state index in [4.69, 9.17) is 0 Å². The van der Waals surface area contributed by atoms with Crippen LogP contribution in [0.5, 0.6) is 0 Å². The molecule has 6 heteroatoms. The molecule has 1 aromatic carbocycles. The van der Waals surface area contributed by atoms with Gasteiger partial charge in [0, 0.05) is 22.4 Å². The van der Waals surface area contributed by atoms with Crippen LogP contribution in [0.3, 0.4) is 0 Å². The van der Waals surface area contributed by atoms with Crippen molar-refractivity contribution in [3.63, 3.8) is 0 Å². The molecule has 0 aliphatic rings. The summed E-state index contributed by atoms with van der Waals surface area (Å²) in [6.45, 7) is 8.25. The van der Waals surface area contributed by atoms with E-state index >= 15 is 0 Å². The van der Waals surface area contributed by atoms with Crippen molar-refractivity contribution in [3.8, 4) is 11.3 Å². The zero-order valence-electron chi connectivity index (χ0n) is 13.0. The summed E-state index contributed by atoms with van der Waals surface area (Å²) in [5, 5.41) is 0. The maximum absolute atomic E-state index is 11.3. The molecule has 2 aromatic rings. The van der Waals surface area contributed by atoms with E-state index in [1.807, 2.05) is 19.1 Å². The molecule has 0 unspecified atom stereocenters. The second-order valence-corrected chi connectivity index (χ2v) is 8.01. The van der Waals surface area contributed by atoms with Crippen LogP contribution in [0.25, 0.3) is 11.3 Å². The lowest BCUT2D eigenvalue weighted by Gasteiger charge is -2.14.